The van der Waals surface area contributed by atoms with Crippen molar-refractivity contribution in [2.75, 3.05) is 26.2 Å². The van der Waals surface area contributed by atoms with Crippen LogP contribution >= 0.6 is 22.6 Å². The number of hydrogen-bond donors (Lipinski definition) is 1. The second-order valence-corrected chi connectivity index (χ2v) is 7.05. The average Bonchev–Trinajstić information content (AvgIpc) is 3.38. The number of alkyl halides is 1. The monoisotopic (exact) mass is 557 g/mol. The largest absolute Gasteiger partial charge is 0.501 e. The highest BCUT2D eigenvalue weighted by atomic mass is 127. The van der Waals surface area contributed by atoms with Crippen LogP contribution in [0.2, 0.25) is 0 Å². The van der Waals surface area contributed by atoms with Gasteiger partial charge in [-0.3, -0.25) is 0 Å². The molecule has 0 radical (unpaired) electrons. The second kappa shape index (κ2) is 10.8. The lowest BCUT2D eigenvalue weighted by Crippen LogP contribution is -1.82. The fourth-order valence-corrected chi connectivity index (χ4v) is 3.81. The smallest absolute Gasteiger partial charge is 0.138 e. The molecular weight excluding hydrogens is 529 g/mol. The van der Waals surface area contributed by atoms with E-state index in [9.17, 15) is 0 Å². The quantitative estimate of drug-likeness (QED) is 0.139. The van der Waals surface area contributed by atoms with Gasteiger partial charge in [0.2, 0.25) is 0 Å². The molecule has 2 N–H and O–H groups in total. The molecule has 0 saturated carbocycles. The van der Waals surface area contributed by atoms with Crippen LogP contribution in [0.3, 0.4) is 0 Å². The number of furan rings is 2. The second-order valence-electron chi connectivity index (χ2n) is 7.05. The minimum absolute atomic E-state index is 0.724. The number of methoxy groups -OCH3 is 2. The molecule has 0 amide bonds. The Kier molecular flexibility index (Phi) is 8.05. The van der Waals surface area contributed by atoms with Gasteiger partial charge in [-0.15, -0.1) is 0 Å². The van der Waals surface area contributed by atoms with E-state index in [2.05, 4.69) is 47.0 Å². The molecule has 0 bridgehead atoms. The lowest BCUT2D eigenvalue weighted by molar-refractivity contribution is 0.297. The SMILES string of the molecule is C=Cc1c(/C=C(\C)OC)oc2cc3c(cc12)oc1cc2ccc(OC)cc2cc13.CI.CN. The van der Waals surface area contributed by atoms with Gasteiger partial charge < -0.3 is 24.0 Å². The van der Waals surface area contributed by atoms with E-state index in [4.69, 9.17) is 18.3 Å². The maximum absolute atomic E-state index is 6.19. The molecule has 0 atom stereocenters. The van der Waals surface area contributed by atoms with Gasteiger partial charge in [0, 0.05) is 27.8 Å². The van der Waals surface area contributed by atoms with Gasteiger partial charge >= 0.3 is 0 Å². The Labute approximate surface area is 206 Å². The van der Waals surface area contributed by atoms with Crippen molar-refractivity contribution in [2.24, 2.45) is 5.73 Å². The fourth-order valence-electron chi connectivity index (χ4n) is 3.81. The summed E-state index contributed by atoms with van der Waals surface area (Å²) in [6.07, 6.45) is 3.67. The normalized spacial score (nSPS) is 11.2. The lowest BCUT2D eigenvalue weighted by atomic mass is 10.0. The number of halogens is 1. The van der Waals surface area contributed by atoms with Crippen LogP contribution in [-0.4, -0.2) is 26.2 Å². The average molecular weight is 557 g/mol. The Morgan fingerprint density at radius 2 is 1.52 bits per heavy atom. The van der Waals surface area contributed by atoms with Crippen molar-refractivity contribution in [3.8, 4) is 5.75 Å². The van der Waals surface area contributed by atoms with Crippen LogP contribution in [0.5, 0.6) is 5.75 Å². The minimum Gasteiger partial charge on any atom is -0.501 e. The first kappa shape index (κ1) is 24.7. The van der Waals surface area contributed by atoms with Crippen LogP contribution in [0.15, 0.2) is 63.6 Å². The summed E-state index contributed by atoms with van der Waals surface area (Å²) in [7, 11) is 4.82. The molecular formula is C27H28INO4. The van der Waals surface area contributed by atoms with Crippen molar-refractivity contribution in [1.29, 1.82) is 0 Å². The topological polar surface area (TPSA) is 70.8 Å². The van der Waals surface area contributed by atoms with E-state index in [-0.39, 0.29) is 0 Å². The first-order chi connectivity index (χ1) is 16.1. The Balaban J connectivity index is 0.000000728. The predicted octanol–water partition coefficient (Wildman–Crippen LogP) is 7.77. The maximum Gasteiger partial charge on any atom is 0.138 e. The summed E-state index contributed by atoms with van der Waals surface area (Å²) < 4.78 is 22.9. The number of benzene rings is 3. The van der Waals surface area contributed by atoms with Crippen LogP contribution in [-0.2, 0) is 4.74 Å². The van der Waals surface area contributed by atoms with Gasteiger partial charge in [-0.2, -0.15) is 0 Å². The van der Waals surface area contributed by atoms with Crippen molar-refractivity contribution >= 4 is 78.4 Å². The van der Waals surface area contributed by atoms with Gasteiger partial charge in [0.15, 0.2) is 0 Å². The van der Waals surface area contributed by atoms with E-state index in [0.717, 1.165) is 66.5 Å². The molecule has 3 aromatic carbocycles. The van der Waals surface area contributed by atoms with Crippen molar-refractivity contribution in [3.63, 3.8) is 0 Å². The molecule has 0 fully saturated rings. The van der Waals surface area contributed by atoms with Crippen LogP contribution in [0, 0.1) is 0 Å². The molecule has 5 aromatic rings. The third-order valence-corrected chi connectivity index (χ3v) is 5.37. The number of nitrogens with two attached hydrogens (primary N) is 1. The summed E-state index contributed by atoms with van der Waals surface area (Å²) in [5.74, 6) is 2.32. The number of ether oxygens (including phenoxy) is 2. The highest BCUT2D eigenvalue weighted by Gasteiger charge is 2.16. The van der Waals surface area contributed by atoms with E-state index < -0.39 is 0 Å². The number of fused-ring (bicyclic) bond motifs is 5. The van der Waals surface area contributed by atoms with Crippen molar-refractivity contribution in [2.45, 2.75) is 6.92 Å². The lowest BCUT2D eigenvalue weighted by Gasteiger charge is -2.02. The first-order valence-corrected chi connectivity index (χ1v) is 12.5. The van der Waals surface area contributed by atoms with Gasteiger partial charge in [-0.1, -0.05) is 41.3 Å². The Morgan fingerprint density at radius 1 is 0.879 bits per heavy atom. The molecule has 5 nitrogen and oxygen atoms in total. The summed E-state index contributed by atoms with van der Waals surface area (Å²) in [6, 6.07) is 14.3. The maximum atomic E-state index is 6.19. The summed E-state index contributed by atoms with van der Waals surface area (Å²) in [5.41, 5.74) is 7.88. The van der Waals surface area contributed by atoms with E-state index in [1.54, 1.807) is 20.3 Å². The van der Waals surface area contributed by atoms with E-state index in [1.165, 1.54) is 7.05 Å². The highest BCUT2D eigenvalue weighted by molar-refractivity contribution is 14.1. The van der Waals surface area contributed by atoms with Gasteiger partial charge in [0.25, 0.3) is 0 Å². The van der Waals surface area contributed by atoms with Gasteiger partial charge in [-0.05, 0) is 66.1 Å². The Bertz CT molecular complexity index is 1460. The molecule has 0 aliphatic heterocycles. The van der Waals surface area contributed by atoms with Crippen molar-refractivity contribution in [1.82, 2.24) is 0 Å². The molecule has 5 rings (SSSR count). The molecule has 172 valence electrons. The van der Waals surface area contributed by atoms with Crippen LogP contribution in [0.1, 0.15) is 18.2 Å². The minimum atomic E-state index is 0.724. The zero-order valence-corrected chi connectivity index (χ0v) is 21.6. The van der Waals surface area contributed by atoms with Gasteiger partial charge in [0.05, 0.1) is 20.0 Å². The predicted molar refractivity (Wildman–Crippen MR) is 148 cm³/mol. The fraction of sp³-hybridized carbons (Fsp3) is 0.185. The molecule has 6 heteroatoms. The van der Waals surface area contributed by atoms with E-state index >= 15 is 0 Å². The third-order valence-electron chi connectivity index (χ3n) is 5.37. The van der Waals surface area contributed by atoms with Crippen molar-refractivity contribution in [3.05, 3.63) is 66.1 Å². The summed E-state index contributed by atoms with van der Waals surface area (Å²) in [6.45, 7) is 5.84. The number of hydrogen-bond acceptors (Lipinski definition) is 5. The molecule has 2 aromatic heterocycles. The first-order valence-electron chi connectivity index (χ1n) is 10.3. The van der Waals surface area contributed by atoms with E-state index in [0.29, 0.717) is 0 Å². The number of allylic oxidation sites excluding steroid dienone is 1. The Morgan fingerprint density at radius 3 is 2.18 bits per heavy atom. The van der Waals surface area contributed by atoms with Gasteiger partial charge in [-0.25, -0.2) is 0 Å². The summed E-state index contributed by atoms with van der Waals surface area (Å²) in [5, 5.41) is 5.23. The molecule has 0 aliphatic rings. The van der Waals surface area contributed by atoms with Crippen LogP contribution in [0.25, 0.3) is 55.8 Å². The van der Waals surface area contributed by atoms with Crippen LogP contribution < -0.4 is 10.5 Å². The third kappa shape index (κ3) is 4.58. The number of rotatable bonds is 4. The summed E-state index contributed by atoms with van der Waals surface area (Å²) in [4.78, 5) is 1.97. The standard InChI is InChI=1S/C25H20O4.CH3I.CH5N/c1-5-18-20-12-25-21(13-24(20)28-22(18)8-14(2)26-3)19-10-16-9-17(27-4)7-6-15(16)11-23(19)29-25;2*1-2/h5-13H,1H2,2-4H3;1H3;2H2,1H3/b14-8+;;. The van der Waals surface area contributed by atoms with Crippen LogP contribution in [0.4, 0.5) is 0 Å². The molecule has 33 heavy (non-hydrogen) atoms. The zero-order chi connectivity index (χ0) is 24.1. The van der Waals surface area contributed by atoms with E-state index in [1.807, 2.05) is 48.3 Å². The van der Waals surface area contributed by atoms with Crippen molar-refractivity contribution < 1.29 is 18.3 Å². The highest BCUT2D eigenvalue weighted by Crippen LogP contribution is 2.38. The molecule has 0 saturated heterocycles. The summed E-state index contributed by atoms with van der Waals surface area (Å²) >= 11 is 2.15. The molecule has 0 aliphatic carbocycles. The molecule has 0 unspecified atom stereocenters. The van der Waals surface area contributed by atoms with Gasteiger partial charge in [0.1, 0.15) is 28.3 Å². The molecule has 0 spiro atoms. The Hall–Kier alpha value is -2.97. The zero-order valence-electron chi connectivity index (χ0n) is 19.5. The molecule has 2 heterocycles.